The standard InChI is InChI=1S/C29H36N4OS/c1-18-5-12-22-23(17-18)35-27-24(22)26(30-25(31-27)19-6-7-19)32-13-15-33(16-14-32)28(34)20-8-10-21(11-9-20)29(2,3)4/h8-11,18-19H,5-7,12-17H2,1-4H3. The van der Waals surface area contributed by atoms with Crippen LogP contribution in [-0.4, -0.2) is 47.0 Å². The Hall–Kier alpha value is -2.47. The Kier molecular flexibility index (Phi) is 5.63. The molecule has 1 unspecified atom stereocenters. The van der Waals surface area contributed by atoms with E-state index in [0.717, 1.165) is 55.7 Å². The van der Waals surface area contributed by atoms with Gasteiger partial charge in [-0.05, 0) is 66.7 Å². The van der Waals surface area contributed by atoms with E-state index >= 15 is 0 Å². The van der Waals surface area contributed by atoms with Crippen LogP contribution >= 0.6 is 11.3 Å². The summed E-state index contributed by atoms with van der Waals surface area (Å²) in [7, 11) is 0. The van der Waals surface area contributed by atoms with Gasteiger partial charge >= 0.3 is 0 Å². The van der Waals surface area contributed by atoms with Gasteiger partial charge in [-0.1, -0.05) is 39.8 Å². The van der Waals surface area contributed by atoms with Crippen molar-refractivity contribution in [3.05, 3.63) is 51.7 Å². The largest absolute Gasteiger partial charge is 0.352 e. The second-order valence-electron chi connectivity index (χ2n) is 11.8. The summed E-state index contributed by atoms with van der Waals surface area (Å²) in [5, 5.41) is 1.30. The number of hydrogen-bond donors (Lipinski definition) is 0. The lowest BCUT2D eigenvalue weighted by atomic mass is 9.86. The molecule has 3 aliphatic rings. The number of nitrogens with zero attached hydrogens (tertiary/aromatic N) is 4. The molecule has 5 nitrogen and oxygen atoms in total. The molecule has 2 aromatic heterocycles. The van der Waals surface area contributed by atoms with Gasteiger partial charge < -0.3 is 9.80 Å². The van der Waals surface area contributed by atoms with Gasteiger partial charge in [0.2, 0.25) is 0 Å². The Balaban J connectivity index is 1.24. The van der Waals surface area contributed by atoms with Crippen LogP contribution in [0.15, 0.2) is 24.3 Å². The van der Waals surface area contributed by atoms with Crippen LogP contribution in [0.25, 0.3) is 10.2 Å². The van der Waals surface area contributed by atoms with E-state index in [1.165, 1.54) is 51.9 Å². The van der Waals surface area contributed by atoms with E-state index in [1.807, 2.05) is 28.4 Å². The molecule has 1 aliphatic heterocycles. The summed E-state index contributed by atoms with van der Waals surface area (Å²) >= 11 is 1.90. The van der Waals surface area contributed by atoms with Crippen LogP contribution in [0.1, 0.15) is 85.1 Å². The third kappa shape index (κ3) is 4.35. The molecule has 3 heterocycles. The molecule has 6 rings (SSSR count). The minimum absolute atomic E-state index is 0.0916. The van der Waals surface area contributed by atoms with Gasteiger partial charge in [0.25, 0.3) is 5.91 Å². The highest BCUT2D eigenvalue weighted by Gasteiger charge is 2.32. The van der Waals surface area contributed by atoms with Gasteiger partial charge in [0.1, 0.15) is 16.5 Å². The lowest BCUT2D eigenvalue weighted by molar-refractivity contribution is 0.0746. The average Bonchev–Trinajstić information content (AvgIpc) is 3.63. The zero-order chi connectivity index (χ0) is 24.3. The van der Waals surface area contributed by atoms with Crippen molar-refractivity contribution in [3.8, 4) is 0 Å². The minimum Gasteiger partial charge on any atom is -0.352 e. The van der Waals surface area contributed by atoms with Gasteiger partial charge in [-0.2, -0.15) is 0 Å². The molecule has 35 heavy (non-hydrogen) atoms. The quantitative estimate of drug-likeness (QED) is 0.457. The minimum atomic E-state index is 0.0916. The van der Waals surface area contributed by atoms with E-state index in [1.54, 1.807) is 0 Å². The maximum Gasteiger partial charge on any atom is 0.253 e. The fourth-order valence-corrected chi connectivity index (χ4v) is 6.89. The van der Waals surface area contributed by atoms with Crippen molar-refractivity contribution >= 4 is 33.3 Å². The summed E-state index contributed by atoms with van der Waals surface area (Å²) in [6.45, 7) is 12.1. The number of amides is 1. The maximum atomic E-state index is 13.2. The van der Waals surface area contributed by atoms with E-state index in [-0.39, 0.29) is 11.3 Å². The molecule has 0 bridgehead atoms. The molecule has 1 atom stereocenters. The number of rotatable bonds is 3. The van der Waals surface area contributed by atoms with Gasteiger partial charge in [-0.25, -0.2) is 9.97 Å². The molecule has 1 aromatic carbocycles. The van der Waals surface area contributed by atoms with Crippen molar-refractivity contribution in [2.75, 3.05) is 31.1 Å². The number of carbonyl (C=O) groups is 1. The number of anilines is 1. The molecule has 6 heteroatoms. The number of hydrogen-bond acceptors (Lipinski definition) is 5. The first-order chi connectivity index (χ1) is 16.8. The number of carbonyl (C=O) groups excluding carboxylic acids is 1. The summed E-state index contributed by atoms with van der Waals surface area (Å²) in [6.07, 6.45) is 5.98. The van der Waals surface area contributed by atoms with Crippen LogP contribution in [0.5, 0.6) is 0 Å². The molecule has 1 saturated heterocycles. The summed E-state index contributed by atoms with van der Waals surface area (Å²) in [6, 6.07) is 8.18. The third-order valence-electron chi connectivity index (χ3n) is 7.96. The molecule has 0 spiro atoms. The Morgan fingerprint density at radius 3 is 2.37 bits per heavy atom. The monoisotopic (exact) mass is 488 g/mol. The predicted molar refractivity (Wildman–Crippen MR) is 144 cm³/mol. The Morgan fingerprint density at radius 2 is 1.71 bits per heavy atom. The fourth-order valence-electron chi connectivity index (χ4n) is 5.51. The van der Waals surface area contributed by atoms with Crippen LogP contribution in [0, 0.1) is 5.92 Å². The second kappa shape index (κ2) is 8.58. The molecule has 2 aliphatic carbocycles. The normalized spacial score (nSPS) is 20.9. The smallest absolute Gasteiger partial charge is 0.253 e. The predicted octanol–water partition coefficient (Wildman–Crippen LogP) is 5.95. The molecular weight excluding hydrogens is 452 g/mol. The van der Waals surface area contributed by atoms with Crippen molar-refractivity contribution in [1.82, 2.24) is 14.9 Å². The molecule has 0 radical (unpaired) electrons. The molecular formula is C29H36N4OS. The molecule has 0 N–H and O–H groups in total. The fraction of sp³-hybridized carbons (Fsp3) is 0.552. The van der Waals surface area contributed by atoms with Crippen LogP contribution < -0.4 is 4.90 Å². The first-order valence-corrected chi connectivity index (χ1v) is 14.1. The van der Waals surface area contributed by atoms with Gasteiger partial charge in [0, 0.05) is 42.5 Å². The number of fused-ring (bicyclic) bond motifs is 3. The Morgan fingerprint density at radius 1 is 1.00 bits per heavy atom. The van der Waals surface area contributed by atoms with E-state index in [2.05, 4.69) is 44.7 Å². The Bertz CT molecular complexity index is 1260. The third-order valence-corrected chi connectivity index (χ3v) is 9.11. The van der Waals surface area contributed by atoms with Crippen molar-refractivity contribution in [2.45, 2.75) is 71.1 Å². The lowest BCUT2D eigenvalue weighted by Crippen LogP contribution is -2.49. The van der Waals surface area contributed by atoms with Crippen molar-refractivity contribution in [2.24, 2.45) is 5.92 Å². The summed E-state index contributed by atoms with van der Waals surface area (Å²) in [4.78, 5) is 30.6. The summed E-state index contributed by atoms with van der Waals surface area (Å²) in [5.74, 6) is 3.60. The van der Waals surface area contributed by atoms with Crippen LogP contribution in [0.3, 0.4) is 0 Å². The summed E-state index contributed by atoms with van der Waals surface area (Å²) in [5.41, 5.74) is 3.63. The highest BCUT2D eigenvalue weighted by Crippen LogP contribution is 2.44. The number of benzene rings is 1. The zero-order valence-corrected chi connectivity index (χ0v) is 22.2. The second-order valence-corrected chi connectivity index (χ2v) is 12.9. The average molecular weight is 489 g/mol. The Labute approximate surface area is 212 Å². The first kappa shape index (κ1) is 23.0. The highest BCUT2D eigenvalue weighted by molar-refractivity contribution is 7.19. The number of aryl methyl sites for hydroxylation is 1. The zero-order valence-electron chi connectivity index (χ0n) is 21.4. The van der Waals surface area contributed by atoms with Crippen LogP contribution in [-0.2, 0) is 18.3 Å². The van der Waals surface area contributed by atoms with Crippen molar-refractivity contribution in [1.29, 1.82) is 0 Å². The first-order valence-electron chi connectivity index (χ1n) is 13.2. The molecule has 2 fully saturated rings. The SMILES string of the molecule is CC1CCc2c(sc3nc(C4CC4)nc(N4CCN(C(=O)c5ccc(C(C)(C)C)cc5)CC4)c23)C1. The van der Waals surface area contributed by atoms with E-state index in [4.69, 9.17) is 9.97 Å². The molecule has 1 saturated carbocycles. The molecule has 1 amide bonds. The van der Waals surface area contributed by atoms with Crippen molar-refractivity contribution < 1.29 is 4.79 Å². The van der Waals surface area contributed by atoms with Gasteiger partial charge in [-0.15, -0.1) is 11.3 Å². The number of piperazine rings is 1. The van der Waals surface area contributed by atoms with E-state index in [0.29, 0.717) is 5.92 Å². The van der Waals surface area contributed by atoms with Gasteiger partial charge in [-0.3, -0.25) is 4.79 Å². The lowest BCUT2D eigenvalue weighted by Gasteiger charge is -2.36. The molecule has 184 valence electrons. The number of aromatic nitrogens is 2. The highest BCUT2D eigenvalue weighted by atomic mass is 32.1. The maximum absolute atomic E-state index is 13.2. The van der Waals surface area contributed by atoms with Crippen LogP contribution in [0.2, 0.25) is 0 Å². The van der Waals surface area contributed by atoms with Crippen molar-refractivity contribution in [3.63, 3.8) is 0 Å². The van der Waals surface area contributed by atoms with Crippen LogP contribution in [0.4, 0.5) is 5.82 Å². The van der Waals surface area contributed by atoms with E-state index in [9.17, 15) is 4.79 Å². The molecule has 3 aromatic rings. The van der Waals surface area contributed by atoms with Gasteiger partial charge in [0.15, 0.2) is 0 Å². The number of thiophene rings is 1. The summed E-state index contributed by atoms with van der Waals surface area (Å²) < 4.78 is 0. The van der Waals surface area contributed by atoms with Gasteiger partial charge in [0.05, 0.1) is 5.39 Å². The van der Waals surface area contributed by atoms with E-state index < -0.39 is 0 Å². The topological polar surface area (TPSA) is 49.3 Å².